The number of ether oxygens (including phenoxy) is 3. The van der Waals surface area contributed by atoms with E-state index in [0.717, 1.165) is 0 Å². The first-order valence-electron chi connectivity index (χ1n) is 16.1. The van der Waals surface area contributed by atoms with Gasteiger partial charge in [-0.15, -0.1) is 0 Å². The summed E-state index contributed by atoms with van der Waals surface area (Å²) in [5.41, 5.74) is -2.80. The van der Waals surface area contributed by atoms with Gasteiger partial charge in [-0.2, -0.15) is 0 Å². The molecule has 1 rings (SSSR count). The Morgan fingerprint density at radius 3 is 1.85 bits per heavy atom. The highest BCUT2D eigenvalue weighted by Crippen LogP contribution is 2.29. The minimum Gasteiger partial charge on any atom is -0.460 e. The highest BCUT2D eigenvalue weighted by atomic mass is 16.6. The van der Waals surface area contributed by atoms with Crippen LogP contribution in [0.3, 0.4) is 0 Å². The number of nitrogens with one attached hydrogen (secondary N) is 3. The fourth-order valence-corrected chi connectivity index (χ4v) is 4.86. The van der Waals surface area contributed by atoms with Gasteiger partial charge in [-0.05, 0) is 74.1 Å². The average Bonchev–Trinajstić information content (AvgIpc) is 3.25. The van der Waals surface area contributed by atoms with Gasteiger partial charge in [0.2, 0.25) is 17.6 Å². The van der Waals surface area contributed by atoms with Crippen LogP contribution in [0.5, 0.6) is 0 Å². The Labute approximate surface area is 274 Å². The molecule has 0 spiro atoms. The lowest BCUT2D eigenvalue weighted by molar-refractivity contribution is -0.154. The zero-order valence-corrected chi connectivity index (χ0v) is 30.2. The van der Waals surface area contributed by atoms with Crippen molar-refractivity contribution >= 4 is 35.6 Å². The molecule has 264 valence electrons. The van der Waals surface area contributed by atoms with Crippen LogP contribution in [0.15, 0.2) is 0 Å². The maximum Gasteiger partial charge on any atom is 0.408 e. The molecule has 13 nitrogen and oxygen atoms in total. The normalized spacial score (nSPS) is 18.7. The van der Waals surface area contributed by atoms with Gasteiger partial charge in [0.25, 0.3) is 5.91 Å². The van der Waals surface area contributed by atoms with E-state index in [4.69, 9.17) is 14.2 Å². The average molecular weight is 655 g/mol. The zero-order valence-electron chi connectivity index (χ0n) is 30.2. The molecule has 1 heterocycles. The molecule has 4 atom stereocenters. The van der Waals surface area contributed by atoms with Crippen LogP contribution in [0.25, 0.3) is 0 Å². The van der Waals surface area contributed by atoms with Gasteiger partial charge >= 0.3 is 12.1 Å². The molecule has 1 aliphatic heterocycles. The number of nitrogens with zero attached hydrogens (tertiary/aromatic N) is 1. The van der Waals surface area contributed by atoms with E-state index >= 15 is 0 Å². The molecule has 0 aliphatic carbocycles. The van der Waals surface area contributed by atoms with Crippen LogP contribution >= 0.6 is 0 Å². The maximum absolute atomic E-state index is 14.1. The number of Topliss-reactive ketones (excluding diaryl/α,β-unsaturated/α-hetero) is 1. The van der Waals surface area contributed by atoms with Crippen LogP contribution < -0.4 is 16.0 Å². The third-order valence-corrected chi connectivity index (χ3v) is 6.61. The molecule has 0 aromatic rings. The number of ketones is 1. The lowest BCUT2D eigenvalue weighted by atomic mass is 9.85. The number of rotatable bonds is 12. The van der Waals surface area contributed by atoms with Crippen LogP contribution in [0, 0.1) is 5.41 Å². The van der Waals surface area contributed by atoms with Crippen molar-refractivity contribution in [1.82, 2.24) is 20.9 Å². The minimum absolute atomic E-state index is 0.0777. The van der Waals surface area contributed by atoms with E-state index in [2.05, 4.69) is 16.0 Å². The second kappa shape index (κ2) is 16.1. The molecule has 0 bridgehead atoms. The first-order valence-corrected chi connectivity index (χ1v) is 16.1. The van der Waals surface area contributed by atoms with Gasteiger partial charge in [0, 0.05) is 19.5 Å². The Bertz CT molecular complexity index is 1110. The summed E-state index contributed by atoms with van der Waals surface area (Å²) >= 11 is 0. The van der Waals surface area contributed by atoms with Gasteiger partial charge in [-0.1, -0.05) is 34.1 Å². The largest absolute Gasteiger partial charge is 0.460 e. The molecule has 13 heteroatoms. The molecule has 46 heavy (non-hydrogen) atoms. The molecular weight excluding hydrogens is 596 g/mol. The van der Waals surface area contributed by atoms with Gasteiger partial charge < -0.3 is 35.1 Å². The molecule has 1 aliphatic rings. The highest BCUT2D eigenvalue weighted by Gasteiger charge is 2.47. The molecule has 1 fully saturated rings. The molecule has 4 amide bonds. The van der Waals surface area contributed by atoms with Crippen LogP contribution in [0.1, 0.15) is 116 Å². The number of esters is 1. The molecule has 0 aromatic heterocycles. The van der Waals surface area contributed by atoms with Gasteiger partial charge in [-0.3, -0.25) is 24.0 Å². The maximum atomic E-state index is 14.1. The fourth-order valence-electron chi connectivity index (χ4n) is 4.86. The number of likely N-dealkylation sites (tertiary alicyclic amines) is 1. The van der Waals surface area contributed by atoms with E-state index in [1.165, 1.54) is 4.90 Å². The third-order valence-electron chi connectivity index (χ3n) is 6.61. The van der Waals surface area contributed by atoms with Crippen molar-refractivity contribution in [3.8, 4) is 0 Å². The quantitative estimate of drug-likeness (QED) is 0.211. The summed E-state index contributed by atoms with van der Waals surface area (Å²) in [6, 6.07) is -3.24. The molecule has 3 N–H and O–H groups in total. The smallest absolute Gasteiger partial charge is 0.408 e. The second-order valence-corrected chi connectivity index (χ2v) is 15.8. The van der Waals surface area contributed by atoms with Crippen molar-refractivity contribution in [3.05, 3.63) is 0 Å². The third kappa shape index (κ3) is 14.5. The summed E-state index contributed by atoms with van der Waals surface area (Å²) in [7, 11) is 0. The Morgan fingerprint density at radius 2 is 1.37 bits per heavy atom. The van der Waals surface area contributed by atoms with E-state index in [1.54, 1.807) is 62.3 Å². The van der Waals surface area contributed by atoms with Crippen molar-refractivity contribution in [3.63, 3.8) is 0 Å². The summed E-state index contributed by atoms with van der Waals surface area (Å²) in [5, 5.41) is 7.80. The number of amides is 4. The van der Waals surface area contributed by atoms with Crippen LogP contribution in [-0.4, -0.2) is 94.6 Å². The second-order valence-electron chi connectivity index (χ2n) is 15.8. The van der Waals surface area contributed by atoms with Gasteiger partial charge in [-0.25, -0.2) is 4.79 Å². The molecular formula is C33H58N4O9. The Hall–Kier alpha value is -3.22. The molecule has 1 saturated heterocycles. The van der Waals surface area contributed by atoms with Crippen molar-refractivity contribution in [2.75, 3.05) is 13.1 Å². The lowest BCUT2D eigenvalue weighted by Crippen LogP contribution is -2.59. The SMILES string of the molecule is CCCC(NC(=O)C1CC(OC(C)(C)C)CN1C(=O)C(NC(=O)OC(C)(C)C)C(C)(C)C)C(=O)C(=O)NCCC(=O)OC(C)(C)C. The number of hydrogen-bond donors (Lipinski definition) is 3. The highest BCUT2D eigenvalue weighted by molar-refractivity contribution is 6.38. The van der Waals surface area contributed by atoms with Crippen molar-refractivity contribution in [1.29, 1.82) is 0 Å². The predicted molar refractivity (Wildman–Crippen MR) is 173 cm³/mol. The lowest BCUT2D eigenvalue weighted by Gasteiger charge is -2.36. The van der Waals surface area contributed by atoms with E-state index < -0.39 is 82.0 Å². The van der Waals surface area contributed by atoms with E-state index in [1.807, 2.05) is 27.7 Å². The van der Waals surface area contributed by atoms with Crippen molar-refractivity contribution < 1.29 is 43.0 Å². The molecule has 0 radical (unpaired) electrons. The van der Waals surface area contributed by atoms with Crippen LogP contribution in [0.4, 0.5) is 4.79 Å². The number of carbonyl (C=O) groups is 6. The van der Waals surface area contributed by atoms with Gasteiger partial charge in [0.1, 0.15) is 23.3 Å². The number of alkyl carbamates (subject to hydrolysis) is 1. The standard InChI is InChI=1S/C33H58N4O9/c1-14-15-21(24(39)27(41)34-17-16-23(38)45-32(8,9)10)35-26(40)22-18-20(44-31(5,6)7)19-37(22)28(42)25(30(2,3)4)36-29(43)46-33(11,12)13/h20-22,25H,14-19H2,1-13H3,(H,34,41)(H,35,40)(H,36,43). The first kappa shape index (κ1) is 40.8. The molecule has 4 unspecified atom stereocenters. The fraction of sp³-hybridized carbons (Fsp3) is 0.818. The van der Waals surface area contributed by atoms with E-state index in [-0.39, 0.29) is 32.4 Å². The van der Waals surface area contributed by atoms with Crippen molar-refractivity contribution in [2.24, 2.45) is 5.41 Å². The minimum atomic E-state index is -1.16. The number of hydrogen-bond acceptors (Lipinski definition) is 9. The Balaban J connectivity index is 3.20. The van der Waals surface area contributed by atoms with Crippen LogP contribution in [-0.2, 0) is 38.2 Å². The van der Waals surface area contributed by atoms with Gasteiger partial charge in [0.15, 0.2) is 0 Å². The topological polar surface area (TPSA) is 169 Å². The summed E-state index contributed by atoms with van der Waals surface area (Å²) < 4.78 is 16.8. The number of carbonyl (C=O) groups excluding carboxylic acids is 6. The van der Waals surface area contributed by atoms with E-state index in [0.29, 0.717) is 6.42 Å². The Kier molecular flexibility index (Phi) is 14.2. The zero-order chi connectivity index (χ0) is 35.8. The summed E-state index contributed by atoms with van der Waals surface area (Å²) in [6.45, 7) is 23.1. The summed E-state index contributed by atoms with van der Waals surface area (Å²) in [6.07, 6.45) is -0.587. The first-order chi connectivity index (χ1) is 20.7. The van der Waals surface area contributed by atoms with E-state index in [9.17, 15) is 28.8 Å². The summed E-state index contributed by atoms with van der Waals surface area (Å²) in [5.74, 6) is -3.45. The van der Waals surface area contributed by atoms with Crippen molar-refractivity contribution in [2.45, 2.75) is 157 Å². The molecule has 0 aromatic carbocycles. The van der Waals surface area contributed by atoms with Gasteiger partial charge in [0.05, 0.1) is 24.2 Å². The van der Waals surface area contributed by atoms with Crippen LogP contribution in [0.2, 0.25) is 0 Å². The monoisotopic (exact) mass is 654 g/mol. The molecule has 0 saturated carbocycles. The summed E-state index contributed by atoms with van der Waals surface area (Å²) in [4.78, 5) is 79.8. The predicted octanol–water partition coefficient (Wildman–Crippen LogP) is 3.41. The Morgan fingerprint density at radius 1 is 0.804 bits per heavy atom.